The predicted octanol–water partition coefficient (Wildman–Crippen LogP) is 3.01. The Hall–Kier alpha value is -1.08. The molecule has 14 heavy (non-hydrogen) atoms. The van der Waals surface area contributed by atoms with Crippen LogP contribution in [0.25, 0.3) is 0 Å². The van der Waals surface area contributed by atoms with Crippen molar-refractivity contribution in [3.63, 3.8) is 0 Å². The van der Waals surface area contributed by atoms with Crippen LogP contribution in [0.5, 0.6) is 0 Å². The van der Waals surface area contributed by atoms with Crippen LogP contribution < -0.4 is 5.32 Å². The lowest BCUT2D eigenvalue weighted by molar-refractivity contribution is 0.423. The summed E-state index contributed by atoms with van der Waals surface area (Å²) in [5, 5.41) is 3.45. The molecule has 0 heterocycles. The van der Waals surface area contributed by atoms with Crippen LogP contribution in [0.2, 0.25) is 0 Å². The third-order valence-electron chi connectivity index (χ3n) is 2.51. The van der Waals surface area contributed by atoms with Crippen molar-refractivity contribution in [3.8, 4) is 0 Å². The second-order valence-corrected chi connectivity index (χ2v) is 4.11. The van der Waals surface area contributed by atoms with Crippen LogP contribution >= 0.6 is 0 Å². The maximum absolute atomic E-state index is 3.72. The number of hydrogen-bond donors (Lipinski definition) is 1. The van der Waals surface area contributed by atoms with Gasteiger partial charge in [0.25, 0.3) is 0 Å². The molecule has 0 fully saturated rings. The van der Waals surface area contributed by atoms with Gasteiger partial charge in [-0.1, -0.05) is 30.3 Å². The van der Waals surface area contributed by atoms with Gasteiger partial charge in [0.1, 0.15) is 0 Å². The zero-order chi connectivity index (χ0) is 10.6. The van der Waals surface area contributed by atoms with Crippen molar-refractivity contribution in [2.45, 2.75) is 26.3 Å². The van der Waals surface area contributed by atoms with Crippen molar-refractivity contribution >= 4 is 0 Å². The number of rotatable bonds is 4. The highest BCUT2D eigenvalue weighted by Crippen LogP contribution is 2.22. The fourth-order valence-corrected chi connectivity index (χ4v) is 1.70. The molecule has 0 atom stereocenters. The van der Waals surface area contributed by atoms with Gasteiger partial charge in [-0.05, 0) is 31.9 Å². The molecule has 0 aliphatic rings. The van der Waals surface area contributed by atoms with Crippen molar-refractivity contribution in [3.05, 3.63) is 48.0 Å². The third kappa shape index (κ3) is 2.46. The van der Waals surface area contributed by atoms with Crippen LogP contribution in [0, 0.1) is 6.92 Å². The molecule has 0 radical (unpaired) electrons. The Bertz CT molecular complexity index is 313. The highest BCUT2D eigenvalue weighted by Gasteiger charge is 2.20. The van der Waals surface area contributed by atoms with E-state index in [4.69, 9.17) is 0 Å². The second-order valence-electron chi connectivity index (χ2n) is 4.11. The summed E-state index contributed by atoms with van der Waals surface area (Å²) in [5.41, 5.74) is 2.69. The minimum atomic E-state index is 0.0134. The Morgan fingerprint density at radius 1 is 1.36 bits per heavy atom. The van der Waals surface area contributed by atoms with Crippen molar-refractivity contribution in [1.82, 2.24) is 5.32 Å². The Morgan fingerprint density at radius 3 is 2.57 bits per heavy atom. The zero-order valence-electron chi connectivity index (χ0n) is 9.30. The summed E-state index contributed by atoms with van der Waals surface area (Å²) in [5.74, 6) is 0. The van der Waals surface area contributed by atoms with E-state index >= 15 is 0 Å². The Labute approximate surface area is 86.8 Å². The van der Waals surface area contributed by atoms with Gasteiger partial charge in [-0.2, -0.15) is 0 Å². The van der Waals surface area contributed by atoms with Crippen LogP contribution in [0.1, 0.15) is 25.0 Å². The van der Waals surface area contributed by atoms with Crippen molar-refractivity contribution in [2.24, 2.45) is 0 Å². The first-order valence-electron chi connectivity index (χ1n) is 5.00. The first-order valence-corrected chi connectivity index (χ1v) is 5.00. The standard InChI is InChI=1S/C13H19N/c1-5-10-14-13(3,4)12-9-7-6-8-11(12)2/h5-9,14H,1,10H2,2-4H3. The van der Waals surface area contributed by atoms with E-state index in [0.29, 0.717) is 0 Å². The van der Waals surface area contributed by atoms with E-state index in [9.17, 15) is 0 Å². The molecule has 1 aromatic rings. The van der Waals surface area contributed by atoms with E-state index in [2.05, 4.69) is 56.9 Å². The Kier molecular flexibility index (Phi) is 3.48. The lowest BCUT2D eigenvalue weighted by Crippen LogP contribution is -2.37. The molecule has 0 saturated carbocycles. The summed E-state index contributed by atoms with van der Waals surface area (Å²) in [7, 11) is 0. The molecule has 1 N–H and O–H groups in total. The fourth-order valence-electron chi connectivity index (χ4n) is 1.70. The van der Waals surface area contributed by atoms with Crippen LogP contribution in [0.3, 0.4) is 0 Å². The normalized spacial score (nSPS) is 11.4. The molecule has 0 aliphatic heterocycles. The predicted molar refractivity (Wildman–Crippen MR) is 62.4 cm³/mol. The van der Waals surface area contributed by atoms with E-state index in [1.807, 2.05) is 6.08 Å². The number of aryl methyl sites for hydroxylation is 1. The van der Waals surface area contributed by atoms with E-state index in [1.165, 1.54) is 11.1 Å². The topological polar surface area (TPSA) is 12.0 Å². The molecule has 0 unspecified atom stereocenters. The molecule has 1 nitrogen and oxygen atoms in total. The summed E-state index contributed by atoms with van der Waals surface area (Å²) in [6, 6.07) is 8.47. The van der Waals surface area contributed by atoms with E-state index < -0.39 is 0 Å². The molecular formula is C13H19N. The average Bonchev–Trinajstić information content (AvgIpc) is 2.15. The lowest BCUT2D eigenvalue weighted by Gasteiger charge is -2.28. The minimum Gasteiger partial charge on any atom is -0.304 e. The summed E-state index contributed by atoms with van der Waals surface area (Å²) >= 11 is 0. The largest absolute Gasteiger partial charge is 0.304 e. The Balaban J connectivity index is 2.91. The summed E-state index contributed by atoms with van der Waals surface area (Å²) in [6.45, 7) is 11.1. The molecule has 0 saturated heterocycles. The van der Waals surface area contributed by atoms with Crippen LogP contribution in [0.15, 0.2) is 36.9 Å². The molecule has 0 bridgehead atoms. The Morgan fingerprint density at radius 2 is 2.00 bits per heavy atom. The molecular weight excluding hydrogens is 170 g/mol. The lowest BCUT2D eigenvalue weighted by atomic mass is 9.90. The van der Waals surface area contributed by atoms with Gasteiger partial charge >= 0.3 is 0 Å². The van der Waals surface area contributed by atoms with Gasteiger partial charge in [-0.25, -0.2) is 0 Å². The van der Waals surface area contributed by atoms with Gasteiger partial charge in [-0.3, -0.25) is 0 Å². The summed E-state index contributed by atoms with van der Waals surface area (Å²) in [4.78, 5) is 0. The average molecular weight is 189 g/mol. The molecule has 1 heteroatoms. The second kappa shape index (κ2) is 4.43. The minimum absolute atomic E-state index is 0.0134. The molecule has 1 aromatic carbocycles. The SMILES string of the molecule is C=CCNC(C)(C)c1ccccc1C. The highest BCUT2D eigenvalue weighted by atomic mass is 14.9. The van der Waals surface area contributed by atoms with E-state index in [0.717, 1.165) is 6.54 Å². The molecule has 0 aromatic heterocycles. The van der Waals surface area contributed by atoms with E-state index in [-0.39, 0.29) is 5.54 Å². The molecule has 0 spiro atoms. The smallest absolute Gasteiger partial charge is 0.0382 e. The maximum atomic E-state index is 3.72. The fraction of sp³-hybridized carbons (Fsp3) is 0.385. The van der Waals surface area contributed by atoms with Crippen LogP contribution in [-0.4, -0.2) is 6.54 Å². The maximum Gasteiger partial charge on any atom is 0.0382 e. The van der Waals surface area contributed by atoms with Crippen molar-refractivity contribution in [2.75, 3.05) is 6.54 Å². The number of nitrogens with one attached hydrogen (secondary N) is 1. The zero-order valence-corrected chi connectivity index (χ0v) is 9.30. The summed E-state index contributed by atoms with van der Waals surface area (Å²) < 4.78 is 0. The molecule has 0 amide bonds. The van der Waals surface area contributed by atoms with Crippen molar-refractivity contribution < 1.29 is 0 Å². The van der Waals surface area contributed by atoms with Gasteiger partial charge in [-0.15, -0.1) is 6.58 Å². The highest BCUT2D eigenvalue weighted by molar-refractivity contribution is 5.31. The van der Waals surface area contributed by atoms with Gasteiger partial charge in [0.05, 0.1) is 0 Å². The number of benzene rings is 1. The van der Waals surface area contributed by atoms with Gasteiger partial charge < -0.3 is 5.32 Å². The van der Waals surface area contributed by atoms with Gasteiger partial charge in [0.2, 0.25) is 0 Å². The quantitative estimate of drug-likeness (QED) is 0.718. The number of hydrogen-bond acceptors (Lipinski definition) is 1. The third-order valence-corrected chi connectivity index (χ3v) is 2.51. The molecule has 1 rings (SSSR count). The summed E-state index contributed by atoms with van der Waals surface area (Å²) in [6.07, 6.45) is 1.89. The monoisotopic (exact) mass is 189 g/mol. The van der Waals surface area contributed by atoms with Crippen LogP contribution in [-0.2, 0) is 5.54 Å². The first kappa shape index (κ1) is 11.0. The molecule has 76 valence electrons. The van der Waals surface area contributed by atoms with Crippen molar-refractivity contribution in [1.29, 1.82) is 0 Å². The first-order chi connectivity index (χ1) is 6.58. The molecule has 0 aliphatic carbocycles. The van der Waals surface area contributed by atoms with E-state index in [1.54, 1.807) is 0 Å². The van der Waals surface area contributed by atoms with Gasteiger partial charge in [0.15, 0.2) is 0 Å². The van der Waals surface area contributed by atoms with Crippen LogP contribution in [0.4, 0.5) is 0 Å². The van der Waals surface area contributed by atoms with Gasteiger partial charge in [0, 0.05) is 12.1 Å².